The topological polar surface area (TPSA) is 64.0 Å². The zero-order valence-electron chi connectivity index (χ0n) is 14.2. The van der Waals surface area contributed by atoms with E-state index in [9.17, 15) is 8.42 Å². The van der Waals surface area contributed by atoms with Crippen LogP contribution in [0.1, 0.15) is 0 Å². The van der Waals surface area contributed by atoms with Crippen LogP contribution in [0, 0.1) is 4.77 Å². The number of pyridine rings is 1. The standard InChI is InChI=1S/C17H19N5O2S2/c23-26(24,15-6-2-1-3-7-15)20-12-10-19(11-13-20)14-22-17(25)21-9-5-4-8-16(21)18-22/h1-9H,10-14H2/p+1. The van der Waals surface area contributed by atoms with E-state index in [-0.39, 0.29) is 0 Å². The summed E-state index contributed by atoms with van der Waals surface area (Å²) in [5, 5.41) is 4.54. The molecule has 4 rings (SSSR count). The quantitative estimate of drug-likeness (QED) is 0.656. The Hall–Kier alpha value is -2.07. The molecule has 0 aliphatic carbocycles. The summed E-state index contributed by atoms with van der Waals surface area (Å²) in [4.78, 5) is 1.62. The molecule has 1 N–H and O–H groups in total. The van der Waals surface area contributed by atoms with Gasteiger partial charge in [0.2, 0.25) is 14.8 Å². The number of hydrogen-bond donors (Lipinski definition) is 1. The first kappa shape index (κ1) is 17.3. The van der Waals surface area contributed by atoms with E-state index in [0.717, 1.165) is 18.7 Å². The molecule has 3 heterocycles. The van der Waals surface area contributed by atoms with E-state index < -0.39 is 10.0 Å². The van der Waals surface area contributed by atoms with Crippen molar-refractivity contribution in [3.63, 3.8) is 0 Å². The summed E-state index contributed by atoms with van der Waals surface area (Å²) in [5.41, 5.74) is 0.821. The second kappa shape index (κ2) is 6.92. The molecule has 26 heavy (non-hydrogen) atoms. The fourth-order valence-corrected chi connectivity index (χ4v) is 4.95. The van der Waals surface area contributed by atoms with Crippen LogP contribution in [0.2, 0.25) is 0 Å². The van der Waals surface area contributed by atoms with Crippen LogP contribution in [0.5, 0.6) is 0 Å². The highest BCUT2D eigenvalue weighted by Gasteiger charge is 2.30. The smallest absolute Gasteiger partial charge is 0.243 e. The molecular weight excluding hydrogens is 370 g/mol. The van der Waals surface area contributed by atoms with E-state index in [4.69, 9.17) is 12.2 Å². The van der Waals surface area contributed by atoms with E-state index >= 15 is 0 Å². The highest BCUT2D eigenvalue weighted by atomic mass is 32.2. The predicted octanol–water partition coefficient (Wildman–Crippen LogP) is 0.412. The lowest BCUT2D eigenvalue weighted by Crippen LogP contribution is -3.14. The van der Waals surface area contributed by atoms with Crippen LogP contribution in [0.25, 0.3) is 5.65 Å². The summed E-state index contributed by atoms with van der Waals surface area (Å²) < 4.78 is 31.3. The number of aromatic nitrogens is 3. The number of nitrogens with one attached hydrogen (secondary N) is 1. The van der Waals surface area contributed by atoms with Crippen molar-refractivity contribution in [3.8, 4) is 0 Å². The van der Waals surface area contributed by atoms with E-state index in [2.05, 4.69) is 5.10 Å². The molecule has 0 atom stereocenters. The number of quaternary nitrogens is 1. The van der Waals surface area contributed by atoms with Gasteiger partial charge in [0.05, 0.1) is 31.1 Å². The van der Waals surface area contributed by atoms with Gasteiger partial charge in [-0.2, -0.15) is 8.99 Å². The van der Waals surface area contributed by atoms with Gasteiger partial charge in [0, 0.05) is 6.20 Å². The van der Waals surface area contributed by atoms with Crippen LogP contribution in [-0.2, 0) is 16.7 Å². The molecule has 0 amide bonds. The van der Waals surface area contributed by atoms with Crippen LogP contribution in [-0.4, -0.2) is 53.1 Å². The maximum absolute atomic E-state index is 12.7. The molecule has 0 spiro atoms. The van der Waals surface area contributed by atoms with Crippen molar-refractivity contribution >= 4 is 27.9 Å². The zero-order valence-corrected chi connectivity index (χ0v) is 15.8. The van der Waals surface area contributed by atoms with E-state index in [1.807, 2.05) is 39.5 Å². The summed E-state index contributed by atoms with van der Waals surface area (Å²) in [6.07, 6.45) is 1.90. The SMILES string of the molecule is O=S(=O)(c1ccccc1)N1CC[NH+](Cn2nc3ccccn3c2=S)CC1. The molecule has 9 heteroatoms. The van der Waals surface area contributed by atoms with Crippen LogP contribution in [0.3, 0.4) is 0 Å². The van der Waals surface area contributed by atoms with Gasteiger partial charge in [-0.25, -0.2) is 8.42 Å². The largest absolute Gasteiger partial charge is 0.314 e. The number of nitrogens with zero attached hydrogens (tertiary/aromatic N) is 4. The first-order valence-corrected chi connectivity index (χ1v) is 10.3. The zero-order chi connectivity index (χ0) is 18.1. The lowest BCUT2D eigenvalue weighted by molar-refractivity contribution is -0.926. The van der Waals surface area contributed by atoms with Gasteiger partial charge in [0.25, 0.3) is 0 Å². The summed E-state index contributed by atoms with van der Waals surface area (Å²) in [6, 6.07) is 14.4. The second-order valence-corrected chi connectivity index (χ2v) is 8.64. The molecule has 0 radical (unpaired) electrons. The molecule has 0 unspecified atom stereocenters. The van der Waals surface area contributed by atoms with Crippen molar-refractivity contribution in [3.05, 3.63) is 59.5 Å². The first-order chi connectivity index (χ1) is 12.6. The minimum atomic E-state index is -3.41. The van der Waals surface area contributed by atoms with Gasteiger partial charge in [0.15, 0.2) is 12.3 Å². The van der Waals surface area contributed by atoms with Crippen LogP contribution in [0.4, 0.5) is 0 Å². The van der Waals surface area contributed by atoms with Gasteiger partial charge in [0.1, 0.15) is 0 Å². The molecule has 0 saturated carbocycles. The first-order valence-electron chi connectivity index (χ1n) is 8.49. The fraction of sp³-hybridized carbons (Fsp3) is 0.294. The number of sulfonamides is 1. The Morgan fingerprint density at radius 2 is 1.73 bits per heavy atom. The fourth-order valence-electron chi connectivity index (χ4n) is 3.23. The highest BCUT2D eigenvalue weighted by Crippen LogP contribution is 2.14. The third-order valence-corrected chi connectivity index (χ3v) is 6.99. The van der Waals surface area contributed by atoms with Crippen LogP contribution in [0.15, 0.2) is 59.6 Å². The molecule has 1 aliphatic rings. The van der Waals surface area contributed by atoms with Crippen LogP contribution < -0.4 is 4.90 Å². The molecule has 1 aliphatic heterocycles. The molecule has 0 bridgehead atoms. The van der Waals surface area contributed by atoms with Crippen molar-refractivity contribution in [1.29, 1.82) is 0 Å². The Balaban J connectivity index is 1.45. The number of hydrogen-bond acceptors (Lipinski definition) is 4. The average Bonchev–Trinajstić information content (AvgIpc) is 2.99. The van der Waals surface area contributed by atoms with Crippen molar-refractivity contribution < 1.29 is 13.3 Å². The lowest BCUT2D eigenvalue weighted by Gasteiger charge is -2.31. The Morgan fingerprint density at radius 1 is 1.04 bits per heavy atom. The van der Waals surface area contributed by atoms with Crippen LogP contribution >= 0.6 is 12.2 Å². The minimum absolute atomic E-state index is 0.353. The Bertz CT molecular complexity index is 1070. The van der Waals surface area contributed by atoms with Crippen molar-refractivity contribution in [2.75, 3.05) is 26.2 Å². The maximum atomic E-state index is 12.7. The molecule has 136 valence electrons. The van der Waals surface area contributed by atoms with Crippen molar-refractivity contribution in [2.45, 2.75) is 11.6 Å². The molecule has 1 fully saturated rings. The highest BCUT2D eigenvalue weighted by molar-refractivity contribution is 7.89. The van der Waals surface area contributed by atoms with E-state index in [0.29, 0.717) is 29.4 Å². The maximum Gasteiger partial charge on any atom is 0.243 e. The summed E-state index contributed by atoms with van der Waals surface area (Å²) in [6.45, 7) is 3.07. The molecule has 3 aromatic rings. The van der Waals surface area contributed by atoms with Crippen molar-refractivity contribution in [2.24, 2.45) is 0 Å². The molecule has 2 aromatic heterocycles. The molecule has 1 saturated heterocycles. The minimum Gasteiger partial charge on any atom is -0.314 e. The molecule has 1 aromatic carbocycles. The van der Waals surface area contributed by atoms with Gasteiger partial charge in [-0.15, -0.1) is 5.10 Å². The van der Waals surface area contributed by atoms with E-state index in [1.165, 1.54) is 4.90 Å². The monoisotopic (exact) mass is 390 g/mol. The molecule has 7 nitrogen and oxygen atoms in total. The number of benzene rings is 1. The number of piperazine rings is 1. The summed E-state index contributed by atoms with van der Waals surface area (Å²) in [7, 11) is -3.41. The molecular formula is C17H20N5O2S2+. The summed E-state index contributed by atoms with van der Waals surface area (Å²) >= 11 is 5.49. The van der Waals surface area contributed by atoms with Gasteiger partial charge < -0.3 is 4.90 Å². The Morgan fingerprint density at radius 3 is 2.42 bits per heavy atom. The van der Waals surface area contributed by atoms with Gasteiger partial charge in [-0.3, -0.25) is 4.40 Å². The number of fused-ring (bicyclic) bond motifs is 1. The van der Waals surface area contributed by atoms with Gasteiger partial charge >= 0.3 is 0 Å². The summed E-state index contributed by atoms with van der Waals surface area (Å²) in [5.74, 6) is 0. The average molecular weight is 391 g/mol. The van der Waals surface area contributed by atoms with Gasteiger partial charge in [-0.1, -0.05) is 24.3 Å². The Labute approximate surface area is 157 Å². The number of rotatable bonds is 4. The van der Waals surface area contributed by atoms with Gasteiger partial charge in [-0.05, 0) is 36.5 Å². The van der Waals surface area contributed by atoms with E-state index in [1.54, 1.807) is 28.6 Å². The predicted molar refractivity (Wildman–Crippen MR) is 99.9 cm³/mol. The van der Waals surface area contributed by atoms with Crippen molar-refractivity contribution in [1.82, 2.24) is 18.5 Å². The lowest BCUT2D eigenvalue weighted by atomic mass is 10.4. The Kier molecular flexibility index (Phi) is 4.62. The third kappa shape index (κ3) is 3.18. The second-order valence-electron chi connectivity index (χ2n) is 6.34. The third-order valence-electron chi connectivity index (χ3n) is 4.67. The normalized spacial score (nSPS) is 16.9.